The summed E-state index contributed by atoms with van der Waals surface area (Å²) in [6.45, 7) is 5.47. The molecule has 0 bridgehead atoms. The summed E-state index contributed by atoms with van der Waals surface area (Å²) < 4.78 is 7.24. The number of aromatic nitrogens is 3. The van der Waals surface area contributed by atoms with Crippen LogP contribution in [0.2, 0.25) is 0 Å². The summed E-state index contributed by atoms with van der Waals surface area (Å²) >= 11 is 0. The molecule has 2 unspecified atom stereocenters. The van der Waals surface area contributed by atoms with Crippen LogP contribution >= 0.6 is 0 Å². The molecule has 0 amide bonds. The highest BCUT2D eigenvalue weighted by molar-refractivity contribution is 5.83. The lowest BCUT2D eigenvalue weighted by atomic mass is 9.98. The van der Waals surface area contributed by atoms with Crippen LogP contribution in [-0.2, 0) is 22.5 Å². The van der Waals surface area contributed by atoms with Gasteiger partial charge in [-0.3, -0.25) is 4.79 Å². The average molecular weight is 237 g/mol. The van der Waals surface area contributed by atoms with Gasteiger partial charge in [0, 0.05) is 12.5 Å². The number of nitrogens with zero attached hydrogens (tertiary/aromatic N) is 3. The lowest BCUT2D eigenvalue weighted by molar-refractivity contribution is -0.122. The van der Waals surface area contributed by atoms with E-state index < -0.39 is 0 Å². The fraction of sp³-hybridized carbons (Fsp3) is 0.750. The second kappa shape index (κ2) is 5.40. The van der Waals surface area contributed by atoms with Crippen molar-refractivity contribution in [3.8, 4) is 0 Å². The van der Waals surface area contributed by atoms with E-state index in [9.17, 15) is 4.79 Å². The first-order chi connectivity index (χ1) is 8.20. The summed E-state index contributed by atoms with van der Waals surface area (Å²) in [6, 6.07) is 0. The van der Waals surface area contributed by atoms with E-state index in [-0.39, 0.29) is 17.8 Å². The van der Waals surface area contributed by atoms with Crippen molar-refractivity contribution < 1.29 is 9.53 Å². The SMILES string of the molecule is CCCn1ncnc1CC(=O)C1COC(C)C1. The standard InChI is InChI=1S/C12H19N3O2/c1-3-4-15-12(13-8-14-15)6-11(16)10-5-9(2)17-7-10/h8-10H,3-7H2,1-2H3. The van der Waals surface area contributed by atoms with Crippen LogP contribution in [0.5, 0.6) is 0 Å². The Hall–Kier alpha value is -1.23. The fourth-order valence-electron chi connectivity index (χ4n) is 2.17. The topological polar surface area (TPSA) is 57.0 Å². The molecule has 0 radical (unpaired) electrons. The highest BCUT2D eigenvalue weighted by Gasteiger charge is 2.28. The zero-order valence-electron chi connectivity index (χ0n) is 10.4. The van der Waals surface area contributed by atoms with Gasteiger partial charge in [-0.2, -0.15) is 5.10 Å². The van der Waals surface area contributed by atoms with Crippen LogP contribution in [0.25, 0.3) is 0 Å². The van der Waals surface area contributed by atoms with Gasteiger partial charge >= 0.3 is 0 Å². The summed E-state index contributed by atoms with van der Waals surface area (Å²) in [6.07, 6.45) is 3.93. The van der Waals surface area contributed by atoms with E-state index >= 15 is 0 Å². The molecule has 2 rings (SSSR count). The van der Waals surface area contributed by atoms with Gasteiger partial charge in [-0.05, 0) is 19.8 Å². The van der Waals surface area contributed by atoms with Crippen molar-refractivity contribution in [1.82, 2.24) is 14.8 Å². The predicted molar refractivity (Wildman–Crippen MR) is 62.5 cm³/mol. The lowest BCUT2D eigenvalue weighted by Gasteiger charge is -2.07. The van der Waals surface area contributed by atoms with Gasteiger partial charge in [-0.1, -0.05) is 6.92 Å². The summed E-state index contributed by atoms with van der Waals surface area (Å²) in [7, 11) is 0. The van der Waals surface area contributed by atoms with Crippen LogP contribution < -0.4 is 0 Å². The molecule has 0 aliphatic carbocycles. The third kappa shape index (κ3) is 2.91. The predicted octanol–water partition coefficient (Wildman–Crippen LogP) is 1.22. The van der Waals surface area contributed by atoms with Crippen LogP contribution in [0, 0.1) is 5.92 Å². The zero-order valence-corrected chi connectivity index (χ0v) is 10.4. The van der Waals surface area contributed by atoms with Gasteiger partial charge in [-0.15, -0.1) is 0 Å². The Balaban J connectivity index is 1.95. The van der Waals surface area contributed by atoms with Crippen molar-refractivity contribution >= 4 is 5.78 Å². The Bertz CT molecular complexity index is 389. The molecule has 5 nitrogen and oxygen atoms in total. The maximum Gasteiger partial charge on any atom is 0.145 e. The van der Waals surface area contributed by atoms with Gasteiger partial charge < -0.3 is 4.74 Å². The van der Waals surface area contributed by atoms with Gasteiger partial charge in [0.1, 0.15) is 17.9 Å². The van der Waals surface area contributed by atoms with Gasteiger partial charge in [0.05, 0.1) is 19.1 Å². The minimum Gasteiger partial charge on any atom is -0.378 e. The summed E-state index contributed by atoms with van der Waals surface area (Å²) in [5.74, 6) is 1.04. The summed E-state index contributed by atoms with van der Waals surface area (Å²) in [5.41, 5.74) is 0. The average Bonchev–Trinajstić information content (AvgIpc) is 2.89. The second-order valence-electron chi connectivity index (χ2n) is 4.62. The fourth-order valence-corrected chi connectivity index (χ4v) is 2.17. The molecule has 94 valence electrons. The normalized spacial score (nSPS) is 24.1. The molecule has 2 atom stereocenters. The Labute approximate surface area is 101 Å². The molecule has 0 N–H and O–H groups in total. The molecule has 1 aliphatic heterocycles. The molecule has 1 aromatic heterocycles. The maximum atomic E-state index is 12.1. The first kappa shape index (κ1) is 12.2. The van der Waals surface area contributed by atoms with Crippen LogP contribution in [0.3, 0.4) is 0 Å². The Morgan fingerprint density at radius 1 is 1.65 bits per heavy atom. The zero-order chi connectivity index (χ0) is 12.3. The minimum absolute atomic E-state index is 0.0387. The maximum absolute atomic E-state index is 12.1. The number of hydrogen-bond donors (Lipinski definition) is 0. The number of hydrogen-bond acceptors (Lipinski definition) is 4. The number of Topliss-reactive ketones (excluding diaryl/α,β-unsaturated/α-hetero) is 1. The van der Waals surface area contributed by atoms with E-state index in [1.807, 2.05) is 11.6 Å². The monoisotopic (exact) mass is 237 g/mol. The first-order valence-electron chi connectivity index (χ1n) is 6.21. The van der Waals surface area contributed by atoms with Crippen LogP contribution in [-0.4, -0.2) is 33.3 Å². The van der Waals surface area contributed by atoms with E-state index in [1.165, 1.54) is 6.33 Å². The van der Waals surface area contributed by atoms with Crippen molar-refractivity contribution in [3.05, 3.63) is 12.2 Å². The lowest BCUT2D eigenvalue weighted by Crippen LogP contribution is -2.19. The van der Waals surface area contributed by atoms with E-state index in [0.717, 1.165) is 25.2 Å². The first-order valence-corrected chi connectivity index (χ1v) is 6.21. The quantitative estimate of drug-likeness (QED) is 0.772. The molecular weight excluding hydrogens is 218 g/mol. The van der Waals surface area contributed by atoms with E-state index in [1.54, 1.807) is 0 Å². The number of ether oxygens (including phenoxy) is 1. The number of carbonyl (C=O) groups excluding carboxylic acids is 1. The third-order valence-corrected chi connectivity index (χ3v) is 3.12. The molecular formula is C12H19N3O2. The number of carbonyl (C=O) groups is 1. The summed E-state index contributed by atoms with van der Waals surface area (Å²) in [5, 5.41) is 4.12. The molecule has 1 aromatic rings. The minimum atomic E-state index is 0.0387. The van der Waals surface area contributed by atoms with Crippen molar-refractivity contribution in [2.75, 3.05) is 6.61 Å². The van der Waals surface area contributed by atoms with E-state index in [0.29, 0.717) is 13.0 Å². The summed E-state index contributed by atoms with van der Waals surface area (Å²) in [4.78, 5) is 16.2. The Kier molecular flexibility index (Phi) is 3.89. The third-order valence-electron chi connectivity index (χ3n) is 3.12. The molecule has 17 heavy (non-hydrogen) atoms. The molecule has 0 saturated carbocycles. The van der Waals surface area contributed by atoms with Crippen LogP contribution in [0.15, 0.2) is 6.33 Å². The number of rotatable bonds is 5. The Morgan fingerprint density at radius 2 is 2.47 bits per heavy atom. The molecule has 2 heterocycles. The molecule has 0 spiro atoms. The largest absolute Gasteiger partial charge is 0.378 e. The second-order valence-corrected chi connectivity index (χ2v) is 4.62. The van der Waals surface area contributed by atoms with E-state index in [2.05, 4.69) is 17.0 Å². The van der Waals surface area contributed by atoms with E-state index in [4.69, 9.17) is 4.74 Å². The molecule has 1 aliphatic rings. The van der Waals surface area contributed by atoms with Gasteiger partial charge in [0.15, 0.2) is 0 Å². The van der Waals surface area contributed by atoms with Crippen molar-refractivity contribution in [3.63, 3.8) is 0 Å². The smallest absolute Gasteiger partial charge is 0.145 e. The van der Waals surface area contributed by atoms with Crippen LogP contribution in [0.4, 0.5) is 0 Å². The molecule has 0 aromatic carbocycles. The van der Waals surface area contributed by atoms with Crippen molar-refractivity contribution in [1.29, 1.82) is 0 Å². The van der Waals surface area contributed by atoms with Gasteiger partial charge in [0.25, 0.3) is 0 Å². The number of ketones is 1. The van der Waals surface area contributed by atoms with Crippen molar-refractivity contribution in [2.45, 2.75) is 45.8 Å². The molecule has 1 saturated heterocycles. The number of aryl methyl sites for hydroxylation is 1. The van der Waals surface area contributed by atoms with Crippen molar-refractivity contribution in [2.24, 2.45) is 5.92 Å². The van der Waals surface area contributed by atoms with Gasteiger partial charge in [-0.25, -0.2) is 9.67 Å². The highest BCUT2D eigenvalue weighted by atomic mass is 16.5. The van der Waals surface area contributed by atoms with Gasteiger partial charge in [0.2, 0.25) is 0 Å². The van der Waals surface area contributed by atoms with Crippen LogP contribution in [0.1, 0.15) is 32.5 Å². The molecule has 5 heteroatoms. The molecule has 1 fully saturated rings. The highest BCUT2D eigenvalue weighted by Crippen LogP contribution is 2.21. The Morgan fingerprint density at radius 3 is 3.12 bits per heavy atom.